The Morgan fingerprint density at radius 1 is 1.04 bits per heavy atom. The number of esters is 2. The molecular formula is C18H22O5. The maximum atomic E-state index is 11.9. The highest BCUT2D eigenvalue weighted by atomic mass is 16.6. The molecule has 0 radical (unpaired) electrons. The zero-order valence-corrected chi connectivity index (χ0v) is 13.8. The van der Waals surface area contributed by atoms with Crippen LogP contribution in [0.4, 0.5) is 0 Å². The molecule has 1 aromatic rings. The molecule has 0 heterocycles. The van der Waals surface area contributed by atoms with Crippen LogP contribution in [0.5, 0.6) is 5.75 Å². The molecule has 0 amide bonds. The molecule has 0 aliphatic carbocycles. The zero-order chi connectivity index (χ0) is 17.2. The van der Waals surface area contributed by atoms with E-state index in [2.05, 4.69) is 6.58 Å². The fourth-order valence-electron chi connectivity index (χ4n) is 1.65. The predicted octanol–water partition coefficient (Wildman–Crippen LogP) is 3.15. The van der Waals surface area contributed by atoms with Crippen molar-refractivity contribution in [2.75, 3.05) is 19.8 Å². The first-order valence-electron chi connectivity index (χ1n) is 7.41. The van der Waals surface area contributed by atoms with E-state index in [1.807, 2.05) is 6.92 Å². The van der Waals surface area contributed by atoms with Gasteiger partial charge < -0.3 is 14.2 Å². The fraction of sp³-hybridized carbons (Fsp3) is 0.333. The highest BCUT2D eigenvalue weighted by Gasteiger charge is 2.20. The van der Waals surface area contributed by atoms with Crippen LogP contribution in [0.15, 0.2) is 42.0 Å². The molecular weight excluding hydrogens is 296 g/mol. The topological polar surface area (TPSA) is 61.8 Å². The van der Waals surface area contributed by atoms with E-state index in [-0.39, 0.29) is 18.8 Å². The minimum absolute atomic E-state index is 0.135. The van der Waals surface area contributed by atoms with Crippen molar-refractivity contribution < 1.29 is 23.8 Å². The van der Waals surface area contributed by atoms with Crippen molar-refractivity contribution in [1.29, 1.82) is 0 Å². The highest BCUT2D eigenvalue weighted by Crippen LogP contribution is 2.16. The Labute approximate surface area is 136 Å². The van der Waals surface area contributed by atoms with Gasteiger partial charge >= 0.3 is 11.9 Å². The molecule has 0 saturated heterocycles. The molecule has 0 aliphatic rings. The molecule has 0 fully saturated rings. The molecule has 0 aliphatic heterocycles. The van der Waals surface area contributed by atoms with Gasteiger partial charge in [-0.3, -0.25) is 0 Å². The maximum absolute atomic E-state index is 11.9. The summed E-state index contributed by atoms with van der Waals surface area (Å²) in [6.07, 6.45) is 1.44. The Morgan fingerprint density at radius 2 is 1.57 bits per heavy atom. The van der Waals surface area contributed by atoms with E-state index in [0.29, 0.717) is 17.9 Å². The second-order valence-electron chi connectivity index (χ2n) is 4.81. The first kappa shape index (κ1) is 18.5. The molecule has 0 bridgehead atoms. The van der Waals surface area contributed by atoms with Crippen molar-refractivity contribution in [3.05, 3.63) is 47.6 Å². The van der Waals surface area contributed by atoms with E-state index in [9.17, 15) is 9.59 Å². The Hall–Kier alpha value is -2.56. The third kappa shape index (κ3) is 6.38. The normalized spacial score (nSPS) is 9.70. The van der Waals surface area contributed by atoms with Crippen LogP contribution in [-0.2, 0) is 19.1 Å². The van der Waals surface area contributed by atoms with Crippen molar-refractivity contribution in [3.63, 3.8) is 0 Å². The van der Waals surface area contributed by atoms with E-state index < -0.39 is 11.9 Å². The van der Waals surface area contributed by atoms with E-state index in [1.165, 1.54) is 6.08 Å². The SMILES string of the molecule is C=C(C)COc1ccc(C=C(C(=O)OCC)C(=O)OCC)cc1. The van der Waals surface area contributed by atoms with Gasteiger partial charge in [0.25, 0.3) is 0 Å². The van der Waals surface area contributed by atoms with Gasteiger partial charge in [-0.15, -0.1) is 0 Å². The molecule has 0 spiro atoms. The summed E-state index contributed by atoms with van der Waals surface area (Å²) in [7, 11) is 0. The van der Waals surface area contributed by atoms with Crippen LogP contribution in [0.2, 0.25) is 0 Å². The van der Waals surface area contributed by atoms with Gasteiger partial charge in [0.05, 0.1) is 13.2 Å². The van der Waals surface area contributed by atoms with Gasteiger partial charge in [-0.25, -0.2) is 9.59 Å². The number of hydrogen-bond donors (Lipinski definition) is 0. The largest absolute Gasteiger partial charge is 0.489 e. The van der Waals surface area contributed by atoms with Crippen LogP contribution >= 0.6 is 0 Å². The monoisotopic (exact) mass is 318 g/mol. The maximum Gasteiger partial charge on any atom is 0.345 e. The Kier molecular flexibility index (Phi) is 7.60. The predicted molar refractivity (Wildman–Crippen MR) is 88.0 cm³/mol. The van der Waals surface area contributed by atoms with Crippen molar-refractivity contribution in [1.82, 2.24) is 0 Å². The highest BCUT2D eigenvalue weighted by molar-refractivity contribution is 6.17. The molecule has 0 saturated carbocycles. The first-order valence-corrected chi connectivity index (χ1v) is 7.41. The lowest BCUT2D eigenvalue weighted by molar-refractivity contribution is -0.146. The number of carbonyl (C=O) groups is 2. The van der Waals surface area contributed by atoms with Crippen LogP contribution in [0.1, 0.15) is 26.3 Å². The summed E-state index contributed by atoms with van der Waals surface area (Å²) in [6.45, 7) is 9.79. The Bertz CT molecular complexity index is 564. The van der Waals surface area contributed by atoms with Crippen molar-refractivity contribution in [2.45, 2.75) is 20.8 Å². The second kappa shape index (κ2) is 9.46. The summed E-state index contributed by atoms with van der Waals surface area (Å²) in [5, 5.41) is 0. The molecule has 0 N–H and O–H groups in total. The van der Waals surface area contributed by atoms with Crippen molar-refractivity contribution in [2.24, 2.45) is 0 Å². The summed E-state index contributed by atoms with van der Waals surface area (Å²) in [5.41, 5.74) is 1.45. The van der Waals surface area contributed by atoms with E-state index in [4.69, 9.17) is 14.2 Å². The third-order valence-corrected chi connectivity index (χ3v) is 2.67. The number of hydrogen-bond acceptors (Lipinski definition) is 5. The van der Waals surface area contributed by atoms with Crippen LogP contribution in [-0.4, -0.2) is 31.8 Å². The van der Waals surface area contributed by atoms with Crippen LogP contribution in [0, 0.1) is 0 Å². The molecule has 1 rings (SSSR count). The van der Waals surface area contributed by atoms with Gasteiger partial charge in [-0.2, -0.15) is 0 Å². The fourth-order valence-corrected chi connectivity index (χ4v) is 1.65. The first-order chi connectivity index (χ1) is 11.0. The molecule has 1 aromatic carbocycles. The average molecular weight is 318 g/mol. The number of carbonyl (C=O) groups excluding carboxylic acids is 2. The minimum atomic E-state index is -0.700. The van der Waals surface area contributed by atoms with Crippen molar-refractivity contribution >= 4 is 18.0 Å². The zero-order valence-electron chi connectivity index (χ0n) is 13.8. The number of benzene rings is 1. The van der Waals surface area contributed by atoms with E-state index in [1.54, 1.807) is 38.1 Å². The minimum Gasteiger partial charge on any atom is -0.489 e. The summed E-state index contributed by atoms with van der Waals surface area (Å²) in [5.74, 6) is -0.721. The summed E-state index contributed by atoms with van der Waals surface area (Å²) >= 11 is 0. The Morgan fingerprint density at radius 3 is 2.00 bits per heavy atom. The average Bonchev–Trinajstić information content (AvgIpc) is 2.52. The lowest BCUT2D eigenvalue weighted by atomic mass is 10.1. The van der Waals surface area contributed by atoms with Crippen molar-refractivity contribution in [3.8, 4) is 5.75 Å². The lowest BCUT2D eigenvalue weighted by Gasteiger charge is -2.08. The van der Waals surface area contributed by atoms with Gasteiger partial charge in [-0.05, 0) is 50.1 Å². The molecule has 124 valence electrons. The molecule has 5 nitrogen and oxygen atoms in total. The second-order valence-corrected chi connectivity index (χ2v) is 4.81. The van der Waals surface area contributed by atoms with Crippen LogP contribution < -0.4 is 4.74 Å². The smallest absolute Gasteiger partial charge is 0.345 e. The van der Waals surface area contributed by atoms with E-state index >= 15 is 0 Å². The Balaban J connectivity index is 2.94. The lowest BCUT2D eigenvalue weighted by Crippen LogP contribution is -2.18. The van der Waals surface area contributed by atoms with Gasteiger partial charge in [0.15, 0.2) is 0 Å². The van der Waals surface area contributed by atoms with Crippen LogP contribution in [0.25, 0.3) is 6.08 Å². The summed E-state index contributed by atoms with van der Waals surface area (Å²) < 4.78 is 15.3. The standard InChI is InChI=1S/C18H22O5/c1-5-21-17(19)16(18(20)22-6-2)11-14-7-9-15(10-8-14)23-12-13(3)4/h7-11H,3,5-6,12H2,1-2,4H3. The summed E-state index contributed by atoms with van der Waals surface area (Å²) in [6, 6.07) is 6.99. The molecule has 5 heteroatoms. The molecule has 0 atom stereocenters. The molecule has 23 heavy (non-hydrogen) atoms. The number of ether oxygens (including phenoxy) is 3. The van der Waals surface area contributed by atoms with Gasteiger partial charge in [0, 0.05) is 0 Å². The van der Waals surface area contributed by atoms with Crippen LogP contribution in [0.3, 0.4) is 0 Å². The third-order valence-electron chi connectivity index (χ3n) is 2.67. The molecule has 0 unspecified atom stereocenters. The molecule has 0 aromatic heterocycles. The van der Waals surface area contributed by atoms with Gasteiger partial charge in [-0.1, -0.05) is 18.7 Å². The van der Waals surface area contributed by atoms with E-state index in [0.717, 1.165) is 5.57 Å². The van der Waals surface area contributed by atoms with Gasteiger partial charge in [0.1, 0.15) is 17.9 Å². The summed E-state index contributed by atoms with van der Waals surface area (Å²) in [4.78, 5) is 23.8. The quantitative estimate of drug-likeness (QED) is 0.242. The van der Waals surface area contributed by atoms with Gasteiger partial charge in [0.2, 0.25) is 0 Å². The number of rotatable bonds is 8.